The smallest absolute Gasteiger partial charge is 0.255 e. The molecular formula is C23H19N3O3. The average Bonchev–Trinajstić information content (AvgIpc) is 3.17. The summed E-state index contributed by atoms with van der Waals surface area (Å²) < 4.78 is 5.49. The Labute approximate surface area is 167 Å². The first-order chi connectivity index (χ1) is 14.0. The number of fused-ring (bicyclic) bond motifs is 1. The topological polar surface area (TPSA) is 75.4 Å². The Morgan fingerprint density at radius 1 is 0.897 bits per heavy atom. The molecule has 0 saturated heterocycles. The van der Waals surface area contributed by atoms with Crippen molar-refractivity contribution in [1.29, 1.82) is 0 Å². The van der Waals surface area contributed by atoms with Gasteiger partial charge in [-0.15, -0.1) is 0 Å². The second-order valence-electron chi connectivity index (χ2n) is 6.84. The van der Waals surface area contributed by atoms with E-state index in [0.29, 0.717) is 28.1 Å². The minimum atomic E-state index is -0.276. The molecule has 1 N–H and O–H groups in total. The lowest BCUT2D eigenvalue weighted by molar-refractivity contribution is 0.0827. The first-order valence-corrected chi connectivity index (χ1v) is 9.11. The zero-order chi connectivity index (χ0) is 20.4. The molecule has 1 aromatic heterocycles. The highest BCUT2D eigenvalue weighted by Crippen LogP contribution is 2.29. The lowest BCUT2D eigenvalue weighted by Crippen LogP contribution is -2.21. The number of hydrogen-bond acceptors (Lipinski definition) is 4. The molecule has 4 aromatic rings. The highest BCUT2D eigenvalue weighted by Gasteiger charge is 2.15. The van der Waals surface area contributed by atoms with Crippen molar-refractivity contribution in [2.45, 2.75) is 0 Å². The Kier molecular flexibility index (Phi) is 4.83. The van der Waals surface area contributed by atoms with Crippen molar-refractivity contribution in [3.63, 3.8) is 0 Å². The van der Waals surface area contributed by atoms with E-state index in [1.54, 1.807) is 56.6 Å². The maximum Gasteiger partial charge on any atom is 0.255 e. The standard InChI is InChI=1S/C23H19N3O3/c1-26(2)23(28)17-9-6-10-18(13-17)24-22(27)16-11-12-20-19(14-16)21(29-25-20)15-7-4-3-5-8-15/h3-14H,1-2H3,(H,24,27). The molecule has 0 aliphatic heterocycles. The molecule has 0 aliphatic carbocycles. The fraction of sp³-hybridized carbons (Fsp3) is 0.0870. The molecule has 0 atom stereocenters. The van der Waals surface area contributed by atoms with Crippen molar-refractivity contribution in [2.75, 3.05) is 19.4 Å². The number of carbonyl (C=O) groups is 2. The molecule has 4 rings (SSSR count). The molecule has 1 heterocycles. The summed E-state index contributed by atoms with van der Waals surface area (Å²) in [6.07, 6.45) is 0. The van der Waals surface area contributed by atoms with Gasteiger partial charge in [0.15, 0.2) is 5.76 Å². The average molecular weight is 385 g/mol. The van der Waals surface area contributed by atoms with Gasteiger partial charge in [-0.1, -0.05) is 41.6 Å². The number of amides is 2. The molecule has 0 aliphatic rings. The molecule has 144 valence electrons. The van der Waals surface area contributed by atoms with E-state index in [4.69, 9.17) is 4.52 Å². The van der Waals surface area contributed by atoms with Gasteiger partial charge in [0.2, 0.25) is 0 Å². The van der Waals surface area contributed by atoms with Gasteiger partial charge in [0.25, 0.3) is 11.8 Å². The van der Waals surface area contributed by atoms with Crippen molar-refractivity contribution in [2.24, 2.45) is 0 Å². The van der Waals surface area contributed by atoms with Crippen LogP contribution in [0.3, 0.4) is 0 Å². The first kappa shape index (κ1) is 18.4. The maximum atomic E-state index is 12.8. The number of nitrogens with one attached hydrogen (secondary N) is 1. The van der Waals surface area contributed by atoms with Gasteiger partial charge in [0, 0.05) is 36.5 Å². The number of aromatic nitrogens is 1. The molecular weight excluding hydrogens is 366 g/mol. The normalized spacial score (nSPS) is 10.7. The van der Waals surface area contributed by atoms with Gasteiger partial charge in [-0.25, -0.2) is 0 Å². The van der Waals surface area contributed by atoms with Crippen LogP contribution in [0.2, 0.25) is 0 Å². The van der Waals surface area contributed by atoms with Crippen LogP contribution >= 0.6 is 0 Å². The van der Waals surface area contributed by atoms with Crippen LogP contribution in [0.25, 0.3) is 22.2 Å². The minimum Gasteiger partial charge on any atom is -0.355 e. The summed E-state index contributed by atoms with van der Waals surface area (Å²) in [5.41, 5.74) is 3.11. The van der Waals surface area contributed by atoms with Gasteiger partial charge in [0.1, 0.15) is 5.52 Å². The number of hydrogen-bond donors (Lipinski definition) is 1. The van der Waals surface area contributed by atoms with Gasteiger partial charge in [0.05, 0.1) is 5.39 Å². The molecule has 0 radical (unpaired) electrons. The zero-order valence-electron chi connectivity index (χ0n) is 16.0. The lowest BCUT2D eigenvalue weighted by Gasteiger charge is -2.11. The third-order valence-electron chi connectivity index (χ3n) is 4.55. The summed E-state index contributed by atoms with van der Waals surface area (Å²) in [7, 11) is 3.37. The molecule has 29 heavy (non-hydrogen) atoms. The van der Waals surface area contributed by atoms with Gasteiger partial charge < -0.3 is 14.7 Å². The van der Waals surface area contributed by atoms with E-state index in [1.807, 2.05) is 30.3 Å². The van der Waals surface area contributed by atoms with Crippen molar-refractivity contribution in [3.05, 3.63) is 83.9 Å². The number of anilines is 1. The van der Waals surface area contributed by atoms with Crippen LogP contribution in [-0.4, -0.2) is 36.0 Å². The molecule has 0 fully saturated rings. The fourth-order valence-electron chi connectivity index (χ4n) is 3.07. The van der Waals surface area contributed by atoms with Crippen molar-refractivity contribution < 1.29 is 14.1 Å². The molecule has 0 saturated carbocycles. The maximum absolute atomic E-state index is 12.8. The summed E-state index contributed by atoms with van der Waals surface area (Å²) in [5, 5.41) is 7.69. The van der Waals surface area contributed by atoms with Crippen molar-refractivity contribution in [3.8, 4) is 11.3 Å². The first-order valence-electron chi connectivity index (χ1n) is 9.11. The van der Waals surface area contributed by atoms with Crippen molar-refractivity contribution in [1.82, 2.24) is 10.1 Å². The Morgan fingerprint density at radius 2 is 1.69 bits per heavy atom. The third kappa shape index (κ3) is 3.73. The van der Waals surface area contributed by atoms with E-state index in [0.717, 1.165) is 10.9 Å². The molecule has 6 nitrogen and oxygen atoms in total. The van der Waals surface area contributed by atoms with E-state index >= 15 is 0 Å². The minimum absolute atomic E-state index is 0.125. The summed E-state index contributed by atoms with van der Waals surface area (Å²) in [4.78, 5) is 26.4. The van der Waals surface area contributed by atoms with Gasteiger partial charge in [-0.05, 0) is 36.4 Å². The second kappa shape index (κ2) is 7.59. The fourth-order valence-corrected chi connectivity index (χ4v) is 3.07. The van der Waals surface area contributed by atoms with Crippen LogP contribution in [-0.2, 0) is 0 Å². The second-order valence-corrected chi connectivity index (χ2v) is 6.84. The molecule has 0 unspecified atom stereocenters. The number of carbonyl (C=O) groups excluding carboxylic acids is 2. The van der Waals surface area contributed by atoms with Crippen LogP contribution in [0.4, 0.5) is 5.69 Å². The van der Waals surface area contributed by atoms with E-state index in [1.165, 1.54) is 4.90 Å². The Bertz CT molecular complexity index is 1200. The summed E-state index contributed by atoms with van der Waals surface area (Å²) in [5.74, 6) is 0.217. The molecule has 2 amide bonds. The largest absolute Gasteiger partial charge is 0.355 e. The van der Waals surface area contributed by atoms with Gasteiger partial charge >= 0.3 is 0 Å². The molecule has 0 bridgehead atoms. The lowest BCUT2D eigenvalue weighted by atomic mass is 10.1. The highest BCUT2D eigenvalue weighted by atomic mass is 16.5. The molecule has 0 spiro atoms. The Balaban J connectivity index is 1.63. The quantitative estimate of drug-likeness (QED) is 0.563. The van der Waals surface area contributed by atoms with Gasteiger partial charge in [-0.2, -0.15) is 0 Å². The summed E-state index contributed by atoms with van der Waals surface area (Å²) in [6.45, 7) is 0. The van der Waals surface area contributed by atoms with E-state index < -0.39 is 0 Å². The molecule has 6 heteroatoms. The van der Waals surface area contributed by atoms with E-state index in [-0.39, 0.29) is 11.8 Å². The number of benzene rings is 3. The van der Waals surface area contributed by atoms with Crippen LogP contribution in [0.5, 0.6) is 0 Å². The van der Waals surface area contributed by atoms with E-state index in [9.17, 15) is 9.59 Å². The number of nitrogens with zero attached hydrogens (tertiary/aromatic N) is 2. The molecule has 3 aromatic carbocycles. The Hall–Kier alpha value is -3.93. The van der Waals surface area contributed by atoms with E-state index in [2.05, 4.69) is 10.5 Å². The van der Waals surface area contributed by atoms with Crippen LogP contribution in [0.1, 0.15) is 20.7 Å². The Morgan fingerprint density at radius 3 is 2.45 bits per heavy atom. The SMILES string of the molecule is CN(C)C(=O)c1cccc(NC(=O)c2ccc3noc(-c4ccccc4)c3c2)c1. The third-order valence-corrected chi connectivity index (χ3v) is 4.55. The van der Waals surface area contributed by atoms with Crippen LogP contribution in [0.15, 0.2) is 77.3 Å². The predicted molar refractivity (Wildman–Crippen MR) is 112 cm³/mol. The van der Waals surface area contributed by atoms with Gasteiger partial charge in [-0.3, -0.25) is 9.59 Å². The van der Waals surface area contributed by atoms with Crippen LogP contribution in [0, 0.1) is 0 Å². The summed E-state index contributed by atoms with van der Waals surface area (Å²) in [6, 6.07) is 21.7. The van der Waals surface area contributed by atoms with Crippen molar-refractivity contribution >= 4 is 28.4 Å². The highest BCUT2D eigenvalue weighted by molar-refractivity contribution is 6.08. The monoisotopic (exact) mass is 385 g/mol. The predicted octanol–water partition coefficient (Wildman–Crippen LogP) is 4.45. The van der Waals surface area contributed by atoms with Crippen LogP contribution < -0.4 is 5.32 Å². The summed E-state index contributed by atoms with van der Waals surface area (Å²) >= 11 is 0. The zero-order valence-corrected chi connectivity index (χ0v) is 16.0. The number of rotatable bonds is 4.